The molecule has 5 heteroatoms. The summed E-state index contributed by atoms with van der Waals surface area (Å²) >= 11 is 0. The maximum atomic E-state index is 5.47. The fourth-order valence-corrected chi connectivity index (χ4v) is 2.23. The molecule has 86 valence electrons. The number of hydrogen-bond acceptors (Lipinski definition) is 5. The molecule has 0 aliphatic carbocycles. The van der Waals surface area contributed by atoms with Gasteiger partial charge in [0, 0.05) is 19.2 Å². The van der Waals surface area contributed by atoms with Crippen LogP contribution < -0.4 is 15.0 Å². The highest BCUT2D eigenvalue weighted by molar-refractivity contribution is 5.69. The van der Waals surface area contributed by atoms with Crippen LogP contribution in [0.25, 0.3) is 0 Å². The maximum Gasteiger partial charge on any atom is 0.215 e. The summed E-state index contributed by atoms with van der Waals surface area (Å²) < 4.78 is 10.6. The van der Waals surface area contributed by atoms with Crippen molar-refractivity contribution < 1.29 is 9.47 Å². The number of fused-ring (bicyclic) bond motifs is 3. The third-order valence-electron chi connectivity index (χ3n) is 3.09. The van der Waals surface area contributed by atoms with Gasteiger partial charge in [0.2, 0.25) is 5.88 Å². The van der Waals surface area contributed by atoms with Crippen molar-refractivity contribution in [2.75, 3.05) is 43.6 Å². The molecule has 0 bridgehead atoms. The summed E-state index contributed by atoms with van der Waals surface area (Å²) in [7, 11) is 1.64. The first-order valence-corrected chi connectivity index (χ1v) is 5.52. The average Bonchev–Trinajstić information content (AvgIpc) is 2.38. The first-order valence-electron chi connectivity index (χ1n) is 5.52. The Morgan fingerprint density at radius 3 is 3.38 bits per heavy atom. The van der Waals surface area contributed by atoms with E-state index in [0.717, 1.165) is 37.8 Å². The molecule has 0 amide bonds. The summed E-state index contributed by atoms with van der Waals surface area (Å²) in [5.41, 5.74) is 1.08. The molecule has 16 heavy (non-hydrogen) atoms. The van der Waals surface area contributed by atoms with E-state index in [1.807, 2.05) is 12.1 Å². The van der Waals surface area contributed by atoms with Crippen molar-refractivity contribution in [1.29, 1.82) is 0 Å². The molecule has 2 aliphatic rings. The quantitative estimate of drug-likeness (QED) is 0.757. The van der Waals surface area contributed by atoms with Crippen LogP contribution in [0.4, 0.5) is 11.5 Å². The number of nitrogens with one attached hydrogen (secondary N) is 1. The summed E-state index contributed by atoms with van der Waals surface area (Å²) in [5.74, 6) is 1.64. The summed E-state index contributed by atoms with van der Waals surface area (Å²) in [5, 5.41) is 3.37. The fraction of sp³-hybridized carbons (Fsp3) is 0.545. The molecule has 1 N–H and O–H groups in total. The molecular weight excluding hydrogens is 206 g/mol. The molecule has 0 spiro atoms. The second kappa shape index (κ2) is 3.83. The zero-order valence-electron chi connectivity index (χ0n) is 9.27. The topological polar surface area (TPSA) is 46.6 Å². The van der Waals surface area contributed by atoms with E-state index in [2.05, 4.69) is 15.2 Å². The van der Waals surface area contributed by atoms with Gasteiger partial charge in [-0.05, 0) is 6.07 Å². The van der Waals surface area contributed by atoms with Crippen molar-refractivity contribution in [3.05, 3.63) is 12.1 Å². The van der Waals surface area contributed by atoms with Gasteiger partial charge in [-0.25, -0.2) is 0 Å². The molecule has 5 nitrogen and oxygen atoms in total. The number of methoxy groups -OCH3 is 1. The van der Waals surface area contributed by atoms with Crippen LogP contribution >= 0.6 is 0 Å². The van der Waals surface area contributed by atoms with Gasteiger partial charge in [0.15, 0.2) is 5.82 Å². The van der Waals surface area contributed by atoms with Gasteiger partial charge >= 0.3 is 0 Å². The zero-order valence-corrected chi connectivity index (χ0v) is 9.27. The Morgan fingerprint density at radius 1 is 1.56 bits per heavy atom. The highest BCUT2D eigenvalue weighted by Crippen LogP contribution is 2.32. The van der Waals surface area contributed by atoms with Crippen LogP contribution in [0.15, 0.2) is 12.1 Å². The third kappa shape index (κ3) is 1.48. The van der Waals surface area contributed by atoms with Crippen molar-refractivity contribution in [1.82, 2.24) is 4.98 Å². The molecule has 1 saturated heterocycles. The van der Waals surface area contributed by atoms with E-state index in [4.69, 9.17) is 9.47 Å². The lowest BCUT2D eigenvalue weighted by Crippen LogP contribution is -2.52. The molecule has 2 aliphatic heterocycles. The predicted octanol–water partition coefficient (Wildman–Crippen LogP) is 0.721. The molecule has 3 heterocycles. The third-order valence-corrected chi connectivity index (χ3v) is 3.09. The summed E-state index contributed by atoms with van der Waals surface area (Å²) in [6, 6.07) is 4.29. The molecule has 0 radical (unpaired) electrons. The Kier molecular flexibility index (Phi) is 2.32. The molecule has 0 aromatic carbocycles. The minimum atomic E-state index is 0.390. The van der Waals surface area contributed by atoms with E-state index >= 15 is 0 Å². The standard InChI is InChI=1S/C11H15N3O2/c1-15-10-3-2-9-11(13-10)14-4-5-16-7-8(14)6-12-9/h2-3,8,12H,4-7H2,1H3. The molecule has 1 fully saturated rings. The van der Waals surface area contributed by atoms with Gasteiger partial charge in [-0.2, -0.15) is 4.98 Å². The Bertz CT molecular complexity index is 397. The molecule has 3 rings (SSSR count). The predicted molar refractivity (Wildman–Crippen MR) is 61.2 cm³/mol. The largest absolute Gasteiger partial charge is 0.481 e. The van der Waals surface area contributed by atoms with Crippen LogP contribution in [-0.2, 0) is 4.74 Å². The smallest absolute Gasteiger partial charge is 0.215 e. The van der Waals surface area contributed by atoms with Gasteiger partial charge < -0.3 is 19.7 Å². The number of pyridine rings is 1. The number of rotatable bonds is 1. The van der Waals surface area contributed by atoms with E-state index in [1.54, 1.807) is 7.11 Å². The SMILES string of the molecule is COc1ccc2c(n1)N1CCOCC1CN2. The van der Waals surface area contributed by atoms with E-state index in [-0.39, 0.29) is 0 Å². The van der Waals surface area contributed by atoms with Crippen LogP contribution in [0.1, 0.15) is 0 Å². The summed E-state index contributed by atoms with van der Waals surface area (Å²) in [6.07, 6.45) is 0. The Labute approximate surface area is 94.4 Å². The monoisotopic (exact) mass is 221 g/mol. The molecule has 1 unspecified atom stereocenters. The van der Waals surface area contributed by atoms with E-state index < -0.39 is 0 Å². The van der Waals surface area contributed by atoms with Crippen molar-refractivity contribution in [3.8, 4) is 5.88 Å². The Hall–Kier alpha value is -1.49. The molecule has 1 aromatic heterocycles. The Balaban J connectivity index is 1.98. The van der Waals surface area contributed by atoms with Crippen LogP contribution in [0.2, 0.25) is 0 Å². The second-order valence-corrected chi connectivity index (χ2v) is 4.03. The number of ether oxygens (including phenoxy) is 2. The van der Waals surface area contributed by atoms with Gasteiger partial charge in [-0.1, -0.05) is 0 Å². The summed E-state index contributed by atoms with van der Waals surface area (Å²) in [6.45, 7) is 3.36. The normalized spacial score (nSPS) is 23.1. The lowest BCUT2D eigenvalue weighted by Gasteiger charge is -2.41. The minimum absolute atomic E-state index is 0.390. The summed E-state index contributed by atoms with van der Waals surface area (Å²) in [4.78, 5) is 6.81. The average molecular weight is 221 g/mol. The minimum Gasteiger partial charge on any atom is -0.481 e. The lowest BCUT2D eigenvalue weighted by atomic mass is 10.1. The first kappa shape index (κ1) is 9.72. The van der Waals surface area contributed by atoms with Gasteiger partial charge in [0.05, 0.1) is 32.1 Å². The highest BCUT2D eigenvalue weighted by Gasteiger charge is 2.30. The number of anilines is 2. The van der Waals surface area contributed by atoms with Gasteiger partial charge in [-0.15, -0.1) is 0 Å². The van der Waals surface area contributed by atoms with Crippen molar-refractivity contribution in [2.24, 2.45) is 0 Å². The number of hydrogen-bond donors (Lipinski definition) is 1. The molecule has 0 saturated carbocycles. The fourth-order valence-electron chi connectivity index (χ4n) is 2.23. The van der Waals surface area contributed by atoms with Crippen LogP contribution in [0.5, 0.6) is 5.88 Å². The number of morpholine rings is 1. The maximum absolute atomic E-state index is 5.47. The van der Waals surface area contributed by atoms with Crippen molar-refractivity contribution in [3.63, 3.8) is 0 Å². The highest BCUT2D eigenvalue weighted by atomic mass is 16.5. The molecule has 1 atom stereocenters. The van der Waals surface area contributed by atoms with E-state index in [1.165, 1.54) is 0 Å². The van der Waals surface area contributed by atoms with Crippen molar-refractivity contribution >= 4 is 11.5 Å². The van der Waals surface area contributed by atoms with E-state index in [9.17, 15) is 0 Å². The first-order chi connectivity index (χ1) is 7.88. The molecule has 1 aromatic rings. The van der Waals surface area contributed by atoms with Crippen LogP contribution in [0.3, 0.4) is 0 Å². The zero-order chi connectivity index (χ0) is 11.0. The lowest BCUT2D eigenvalue weighted by molar-refractivity contribution is 0.0958. The van der Waals surface area contributed by atoms with Gasteiger partial charge in [-0.3, -0.25) is 0 Å². The van der Waals surface area contributed by atoms with Gasteiger partial charge in [0.25, 0.3) is 0 Å². The van der Waals surface area contributed by atoms with E-state index in [0.29, 0.717) is 11.9 Å². The number of aromatic nitrogens is 1. The van der Waals surface area contributed by atoms with Gasteiger partial charge in [0.1, 0.15) is 0 Å². The number of nitrogens with zero attached hydrogens (tertiary/aromatic N) is 2. The Morgan fingerprint density at radius 2 is 2.50 bits per heavy atom. The van der Waals surface area contributed by atoms with Crippen LogP contribution in [-0.4, -0.2) is 44.4 Å². The van der Waals surface area contributed by atoms with Crippen molar-refractivity contribution in [2.45, 2.75) is 6.04 Å². The second-order valence-electron chi connectivity index (χ2n) is 4.03. The van der Waals surface area contributed by atoms with Crippen LogP contribution in [0, 0.1) is 0 Å². The molecular formula is C11H15N3O2.